The molecule has 2 aromatic carbocycles. The van der Waals surface area contributed by atoms with Crippen molar-refractivity contribution in [2.75, 3.05) is 11.4 Å². The van der Waals surface area contributed by atoms with E-state index in [1.165, 1.54) is 32.8 Å². The van der Waals surface area contributed by atoms with Gasteiger partial charge in [0.05, 0.1) is 4.53 Å². The minimum Gasteiger partial charge on any atom is -0.480 e. The van der Waals surface area contributed by atoms with E-state index in [0.29, 0.717) is 36.9 Å². The van der Waals surface area contributed by atoms with E-state index in [-0.39, 0.29) is 5.91 Å². The van der Waals surface area contributed by atoms with Gasteiger partial charge in [-0.1, -0.05) is 54.7 Å². The van der Waals surface area contributed by atoms with Crippen LogP contribution in [0.5, 0.6) is 0 Å². The van der Waals surface area contributed by atoms with Gasteiger partial charge in [0.25, 0.3) is 11.5 Å². The van der Waals surface area contributed by atoms with Gasteiger partial charge in [-0.05, 0) is 61.2 Å². The van der Waals surface area contributed by atoms with Crippen LogP contribution in [0.4, 0.5) is 11.4 Å². The van der Waals surface area contributed by atoms with Gasteiger partial charge in [0.2, 0.25) is 0 Å². The minimum atomic E-state index is -1.14. The molecule has 1 N–H and O–H groups in total. The summed E-state index contributed by atoms with van der Waals surface area (Å²) >= 11 is 7.60. The van der Waals surface area contributed by atoms with E-state index in [9.17, 15) is 19.5 Å². The fourth-order valence-electron chi connectivity index (χ4n) is 5.81. The van der Waals surface area contributed by atoms with Gasteiger partial charge in [-0.2, -0.15) is 0 Å². The van der Waals surface area contributed by atoms with E-state index in [4.69, 9.17) is 12.2 Å². The Hall–Kier alpha value is -3.21. The molecule has 6 rings (SSSR count). The van der Waals surface area contributed by atoms with Crippen LogP contribution < -0.4 is 19.7 Å². The number of carboxylic acid groups (broad SMARTS) is 1. The van der Waals surface area contributed by atoms with Crippen LogP contribution in [0, 0.1) is 0 Å². The lowest BCUT2D eigenvalue weighted by atomic mass is 9.96. The van der Waals surface area contributed by atoms with Crippen molar-refractivity contribution in [2.45, 2.75) is 44.7 Å². The number of para-hydroxylation sites is 1. The highest BCUT2D eigenvalue weighted by Gasteiger charge is 2.42. The molecule has 10 heteroatoms. The van der Waals surface area contributed by atoms with E-state index in [2.05, 4.69) is 41.3 Å². The maximum absolute atomic E-state index is 13.4. The van der Waals surface area contributed by atoms with E-state index in [0.717, 1.165) is 41.5 Å². The fourth-order valence-corrected chi connectivity index (χ4v) is 8.45. The first-order valence-electron chi connectivity index (χ1n) is 12.6. The number of rotatable bonds is 5. The molecule has 1 amide bonds. The van der Waals surface area contributed by atoms with Crippen molar-refractivity contribution in [3.8, 4) is 0 Å². The molecular formula is C28H25N3O4S3. The lowest BCUT2D eigenvalue weighted by molar-refractivity contribution is -0.137. The molecule has 3 heterocycles. The maximum atomic E-state index is 13.4. The van der Waals surface area contributed by atoms with Crippen molar-refractivity contribution < 1.29 is 14.7 Å². The zero-order valence-electron chi connectivity index (χ0n) is 20.6. The Kier molecular flexibility index (Phi) is 6.49. The molecule has 0 spiro atoms. The van der Waals surface area contributed by atoms with Gasteiger partial charge in [-0.15, -0.1) is 11.3 Å². The molecule has 0 radical (unpaired) electrons. The van der Waals surface area contributed by atoms with Gasteiger partial charge >= 0.3 is 5.97 Å². The van der Waals surface area contributed by atoms with Crippen LogP contribution in [0.15, 0.2) is 53.3 Å². The second-order valence-corrected chi connectivity index (χ2v) is 12.3. The van der Waals surface area contributed by atoms with Crippen molar-refractivity contribution in [3.63, 3.8) is 0 Å². The number of thioether (sulfide) groups is 1. The quantitative estimate of drug-likeness (QED) is 0.475. The Bertz CT molecular complexity index is 1660. The van der Waals surface area contributed by atoms with E-state index >= 15 is 0 Å². The third-order valence-corrected chi connectivity index (χ3v) is 10.1. The van der Waals surface area contributed by atoms with Crippen LogP contribution in [-0.2, 0) is 16.1 Å². The molecule has 1 aliphatic carbocycles. The molecule has 3 aliphatic rings. The van der Waals surface area contributed by atoms with Crippen LogP contribution >= 0.6 is 35.3 Å². The SMILES string of the molecule is CCN1C(=O)/C(=c2/s/c(=C/c3ccc4c(c3)C3CCCC3N4c3ccccc3)c(=O)n2CC(=O)O)SC1=S. The first-order valence-corrected chi connectivity index (χ1v) is 14.6. The van der Waals surface area contributed by atoms with Crippen LogP contribution in [0.2, 0.25) is 0 Å². The van der Waals surface area contributed by atoms with Crippen molar-refractivity contribution >= 4 is 73.9 Å². The monoisotopic (exact) mass is 563 g/mol. The third-order valence-electron chi connectivity index (χ3n) is 7.41. The molecule has 2 aliphatic heterocycles. The normalized spacial score (nSPS) is 22.4. The fraction of sp³-hybridized carbons (Fsp3) is 0.286. The topological polar surface area (TPSA) is 82.9 Å². The number of amides is 1. The Morgan fingerprint density at radius 3 is 2.66 bits per heavy atom. The van der Waals surface area contributed by atoms with Crippen molar-refractivity contribution in [1.82, 2.24) is 9.47 Å². The zero-order chi connectivity index (χ0) is 26.6. The number of aromatic nitrogens is 1. The number of aliphatic carboxylic acids is 1. The molecule has 1 aromatic heterocycles. The summed E-state index contributed by atoms with van der Waals surface area (Å²) in [6.07, 6.45) is 5.26. The number of carbonyl (C=O) groups is 2. The van der Waals surface area contributed by atoms with Crippen LogP contribution in [-0.4, -0.2) is 43.4 Å². The predicted octanol–water partition coefficient (Wildman–Crippen LogP) is 3.60. The van der Waals surface area contributed by atoms with Gasteiger partial charge in [-0.25, -0.2) is 0 Å². The second-order valence-electron chi connectivity index (χ2n) is 9.58. The number of fused-ring (bicyclic) bond motifs is 3. The smallest absolute Gasteiger partial charge is 0.323 e. The molecule has 0 bridgehead atoms. The van der Waals surface area contributed by atoms with Gasteiger partial charge < -0.3 is 10.0 Å². The molecule has 1 saturated heterocycles. The molecule has 2 unspecified atom stereocenters. The van der Waals surface area contributed by atoms with Gasteiger partial charge in [-0.3, -0.25) is 23.9 Å². The van der Waals surface area contributed by atoms with E-state index < -0.39 is 18.1 Å². The number of hydrogen-bond acceptors (Lipinski definition) is 7. The molecule has 1 saturated carbocycles. The van der Waals surface area contributed by atoms with Crippen LogP contribution in [0.1, 0.15) is 43.2 Å². The van der Waals surface area contributed by atoms with E-state index in [1.807, 2.05) is 25.1 Å². The summed E-state index contributed by atoms with van der Waals surface area (Å²) in [5.41, 5.74) is 4.15. The zero-order valence-corrected chi connectivity index (χ0v) is 23.1. The lowest BCUT2D eigenvalue weighted by Gasteiger charge is -2.27. The molecule has 38 heavy (non-hydrogen) atoms. The number of thiocarbonyl (C=S) groups is 1. The van der Waals surface area contributed by atoms with Crippen molar-refractivity contribution in [3.05, 3.63) is 79.2 Å². The summed E-state index contributed by atoms with van der Waals surface area (Å²) < 4.78 is 2.32. The number of nitrogens with zero attached hydrogens (tertiary/aromatic N) is 3. The summed E-state index contributed by atoms with van der Waals surface area (Å²) in [5.74, 6) is -1.00. The average molecular weight is 564 g/mol. The molecule has 194 valence electrons. The maximum Gasteiger partial charge on any atom is 0.323 e. The number of hydrogen-bond donors (Lipinski definition) is 1. The highest BCUT2D eigenvalue weighted by Crippen LogP contribution is 2.52. The first-order chi connectivity index (χ1) is 18.4. The minimum absolute atomic E-state index is 0.291. The summed E-state index contributed by atoms with van der Waals surface area (Å²) in [4.78, 5) is 42.1. The Morgan fingerprint density at radius 1 is 1.16 bits per heavy atom. The van der Waals surface area contributed by atoms with Gasteiger partial charge in [0.1, 0.15) is 20.4 Å². The highest BCUT2D eigenvalue weighted by atomic mass is 32.2. The number of anilines is 2. The second kappa shape index (κ2) is 9.83. The van der Waals surface area contributed by atoms with Crippen molar-refractivity contribution in [1.29, 1.82) is 0 Å². The Morgan fingerprint density at radius 2 is 1.95 bits per heavy atom. The summed E-state index contributed by atoms with van der Waals surface area (Å²) in [7, 11) is 0. The van der Waals surface area contributed by atoms with Crippen LogP contribution in [0.25, 0.3) is 11.0 Å². The summed E-state index contributed by atoms with van der Waals surface area (Å²) in [6, 6.07) is 17.2. The average Bonchev–Trinajstić information content (AvgIpc) is 3.63. The third kappa shape index (κ3) is 4.11. The number of carbonyl (C=O) groups excluding carboxylic acids is 1. The van der Waals surface area contributed by atoms with Gasteiger partial charge in [0, 0.05) is 29.9 Å². The predicted molar refractivity (Wildman–Crippen MR) is 155 cm³/mol. The van der Waals surface area contributed by atoms with E-state index in [1.54, 1.807) is 0 Å². The molecule has 3 aromatic rings. The highest BCUT2D eigenvalue weighted by molar-refractivity contribution is 8.30. The first kappa shape index (κ1) is 25.1. The molecule has 2 atom stereocenters. The number of benzene rings is 2. The van der Waals surface area contributed by atoms with Crippen molar-refractivity contribution in [2.24, 2.45) is 0 Å². The lowest BCUT2D eigenvalue weighted by Crippen LogP contribution is -2.35. The Labute approximate surface area is 232 Å². The van der Waals surface area contributed by atoms with Crippen LogP contribution in [0.3, 0.4) is 0 Å². The Balaban J connectivity index is 1.47. The molecule has 7 nitrogen and oxygen atoms in total. The molecule has 2 fully saturated rings. The number of thiazole rings is 1. The molecular weight excluding hydrogens is 539 g/mol. The number of carboxylic acids is 1. The summed E-state index contributed by atoms with van der Waals surface area (Å²) in [6.45, 7) is 1.72. The largest absolute Gasteiger partial charge is 0.480 e. The van der Waals surface area contributed by atoms with Gasteiger partial charge in [0.15, 0.2) is 0 Å². The summed E-state index contributed by atoms with van der Waals surface area (Å²) in [5, 5.41) is 9.48. The standard InChI is InChI=1S/C28H25N3O4S3/c1-2-29-26(35)24(38-28(29)36)27-30(15-23(32)33)25(34)22(37-27)14-16-11-12-21-19(13-16)18-9-6-10-20(18)31(21)17-7-4-3-5-8-17/h3-5,7-8,11-14,18,20H,2,6,9-10,15H2,1H3,(H,32,33)/b22-14+,27-24-.